The Balaban J connectivity index is 2.58. The van der Waals surface area contributed by atoms with E-state index in [0.717, 1.165) is 0 Å². The fraction of sp³-hybridized carbons (Fsp3) is 0.364. The first-order valence-electron chi connectivity index (χ1n) is 5.18. The highest BCUT2D eigenvalue weighted by Crippen LogP contribution is 2.18. The number of amides is 1. The van der Waals surface area contributed by atoms with Gasteiger partial charge in [0.2, 0.25) is 5.91 Å². The highest BCUT2D eigenvalue weighted by molar-refractivity contribution is 7.85. The summed E-state index contributed by atoms with van der Waals surface area (Å²) < 4.78 is 24.8. The van der Waals surface area contributed by atoms with Crippen LogP contribution < -0.4 is 11.1 Å². The van der Waals surface area contributed by atoms with E-state index in [1.54, 1.807) is 7.05 Å². The molecule has 0 fully saturated rings. The lowest BCUT2D eigenvalue weighted by molar-refractivity contribution is -0.120. The molecule has 0 aliphatic carbocycles. The molecule has 0 saturated carbocycles. The van der Waals surface area contributed by atoms with Gasteiger partial charge in [-0.3, -0.25) is 9.00 Å². The Morgan fingerprint density at radius 3 is 2.88 bits per heavy atom. The molecule has 4 nitrogen and oxygen atoms in total. The van der Waals surface area contributed by atoms with Crippen LogP contribution in [0.25, 0.3) is 0 Å². The third kappa shape index (κ3) is 4.14. The Kier molecular flexibility index (Phi) is 5.09. The smallest absolute Gasteiger partial charge is 0.219 e. The molecule has 3 N–H and O–H groups in total. The van der Waals surface area contributed by atoms with Gasteiger partial charge in [0.05, 0.1) is 15.7 Å². The summed E-state index contributed by atoms with van der Waals surface area (Å²) in [7, 11) is 0.177. The van der Waals surface area contributed by atoms with E-state index in [9.17, 15) is 13.4 Å². The van der Waals surface area contributed by atoms with Crippen molar-refractivity contribution in [3.63, 3.8) is 0 Å². The molecular formula is C11H15FN2O2S. The van der Waals surface area contributed by atoms with Gasteiger partial charge in [0, 0.05) is 24.9 Å². The van der Waals surface area contributed by atoms with E-state index in [1.165, 1.54) is 18.2 Å². The molecule has 17 heavy (non-hydrogen) atoms. The lowest BCUT2D eigenvalue weighted by Gasteiger charge is -2.05. The van der Waals surface area contributed by atoms with Crippen LogP contribution in [-0.4, -0.2) is 22.9 Å². The van der Waals surface area contributed by atoms with Crippen molar-refractivity contribution in [2.45, 2.75) is 17.7 Å². The minimum atomic E-state index is -1.37. The van der Waals surface area contributed by atoms with E-state index >= 15 is 0 Å². The lowest BCUT2D eigenvalue weighted by Crippen LogP contribution is -2.18. The summed E-state index contributed by atoms with van der Waals surface area (Å²) in [6.07, 6.45) is 0.777. The molecule has 0 bridgehead atoms. The molecule has 0 heterocycles. The van der Waals surface area contributed by atoms with Gasteiger partial charge in [-0.05, 0) is 24.6 Å². The van der Waals surface area contributed by atoms with Crippen LogP contribution in [0.15, 0.2) is 23.1 Å². The fourth-order valence-corrected chi connectivity index (χ4v) is 2.51. The first kappa shape index (κ1) is 13.6. The van der Waals surface area contributed by atoms with Gasteiger partial charge in [0.1, 0.15) is 5.82 Å². The Morgan fingerprint density at radius 1 is 1.53 bits per heavy atom. The zero-order chi connectivity index (χ0) is 12.8. The molecule has 1 unspecified atom stereocenters. The maximum Gasteiger partial charge on any atom is 0.219 e. The van der Waals surface area contributed by atoms with E-state index in [2.05, 4.69) is 5.32 Å². The number of nitrogen functional groups attached to an aromatic ring is 1. The van der Waals surface area contributed by atoms with Gasteiger partial charge in [-0.25, -0.2) is 4.39 Å². The second kappa shape index (κ2) is 6.34. The average Bonchev–Trinajstić information content (AvgIpc) is 2.31. The van der Waals surface area contributed by atoms with Crippen LogP contribution in [0.5, 0.6) is 0 Å². The predicted octanol–water partition coefficient (Wildman–Crippen LogP) is 1.04. The number of hydrogen-bond acceptors (Lipinski definition) is 3. The monoisotopic (exact) mass is 258 g/mol. The third-order valence-corrected chi connectivity index (χ3v) is 3.74. The minimum absolute atomic E-state index is 0.103. The van der Waals surface area contributed by atoms with E-state index in [1.807, 2.05) is 0 Å². The van der Waals surface area contributed by atoms with Crippen molar-refractivity contribution in [3.05, 3.63) is 24.0 Å². The van der Waals surface area contributed by atoms with Gasteiger partial charge in [-0.1, -0.05) is 0 Å². The van der Waals surface area contributed by atoms with E-state index in [4.69, 9.17) is 5.73 Å². The summed E-state index contributed by atoms with van der Waals surface area (Å²) in [6, 6.07) is 3.78. The van der Waals surface area contributed by atoms with Crippen molar-refractivity contribution in [2.24, 2.45) is 0 Å². The van der Waals surface area contributed by atoms with E-state index in [-0.39, 0.29) is 5.91 Å². The quantitative estimate of drug-likeness (QED) is 0.775. The second-order valence-electron chi connectivity index (χ2n) is 3.51. The molecular weight excluding hydrogens is 243 g/mol. The SMILES string of the molecule is CNC(=O)CCCS(=O)c1cc(F)ccc1N. The first-order valence-corrected chi connectivity index (χ1v) is 6.50. The molecule has 0 spiro atoms. The van der Waals surface area contributed by atoms with Gasteiger partial charge in [0.15, 0.2) is 0 Å². The number of rotatable bonds is 5. The van der Waals surface area contributed by atoms with Gasteiger partial charge >= 0.3 is 0 Å². The van der Waals surface area contributed by atoms with Crippen LogP contribution in [0, 0.1) is 5.82 Å². The average molecular weight is 258 g/mol. The number of nitrogens with one attached hydrogen (secondary N) is 1. The molecule has 1 atom stereocenters. The van der Waals surface area contributed by atoms with E-state index < -0.39 is 16.6 Å². The summed E-state index contributed by atoms with van der Waals surface area (Å²) in [6.45, 7) is 0. The summed E-state index contributed by atoms with van der Waals surface area (Å²) in [5, 5.41) is 2.48. The van der Waals surface area contributed by atoms with Crippen LogP contribution in [0.3, 0.4) is 0 Å². The predicted molar refractivity (Wildman–Crippen MR) is 65.4 cm³/mol. The Bertz CT molecular complexity index is 437. The van der Waals surface area contributed by atoms with Crippen LogP contribution in [-0.2, 0) is 15.6 Å². The molecule has 1 aromatic carbocycles. The van der Waals surface area contributed by atoms with Crippen LogP contribution in [0.2, 0.25) is 0 Å². The Hall–Kier alpha value is -1.43. The minimum Gasteiger partial charge on any atom is -0.398 e. The van der Waals surface area contributed by atoms with E-state index in [0.29, 0.717) is 29.2 Å². The van der Waals surface area contributed by atoms with Crippen molar-refractivity contribution in [1.29, 1.82) is 0 Å². The topological polar surface area (TPSA) is 72.2 Å². The molecule has 0 aliphatic rings. The molecule has 0 saturated heterocycles. The molecule has 1 aromatic rings. The van der Waals surface area contributed by atoms with Gasteiger partial charge < -0.3 is 11.1 Å². The van der Waals surface area contributed by atoms with Gasteiger partial charge in [-0.15, -0.1) is 0 Å². The molecule has 1 rings (SSSR count). The molecule has 94 valence electrons. The molecule has 0 radical (unpaired) electrons. The maximum atomic E-state index is 13.0. The molecule has 6 heteroatoms. The highest BCUT2D eigenvalue weighted by Gasteiger charge is 2.10. The highest BCUT2D eigenvalue weighted by atomic mass is 32.2. The van der Waals surface area contributed by atoms with Crippen molar-refractivity contribution >= 4 is 22.4 Å². The van der Waals surface area contributed by atoms with Gasteiger partial charge in [-0.2, -0.15) is 0 Å². The van der Waals surface area contributed by atoms with Crippen molar-refractivity contribution in [1.82, 2.24) is 5.32 Å². The summed E-state index contributed by atoms with van der Waals surface area (Å²) >= 11 is 0. The second-order valence-corrected chi connectivity index (χ2v) is 5.05. The number of nitrogens with two attached hydrogens (primary N) is 1. The number of halogens is 1. The van der Waals surface area contributed by atoms with Crippen molar-refractivity contribution < 1.29 is 13.4 Å². The Morgan fingerprint density at radius 2 is 2.24 bits per heavy atom. The van der Waals surface area contributed by atoms with Gasteiger partial charge in [0.25, 0.3) is 0 Å². The molecule has 0 aromatic heterocycles. The number of benzene rings is 1. The number of anilines is 1. The van der Waals surface area contributed by atoms with Crippen LogP contribution >= 0.6 is 0 Å². The number of carbonyl (C=O) groups is 1. The zero-order valence-corrected chi connectivity index (χ0v) is 10.3. The standard InChI is InChI=1S/C11H15FN2O2S/c1-14-11(15)3-2-6-17(16)10-7-8(12)4-5-9(10)13/h4-5,7H,2-3,6,13H2,1H3,(H,14,15). The first-order chi connectivity index (χ1) is 8.04. The fourth-order valence-electron chi connectivity index (χ4n) is 1.30. The number of hydrogen-bond donors (Lipinski definition) is 2. The van der Waals surface area contributed by atoms with Crippen LogP contribution in [0.4, 0.5) is 10.1 Å². The Labute approximate surface area is 102 Å². The van der Waals surface area contributed by atoms with Crippen LogP contribution in [0.1, 0.15) is 12.8 Å². The molecule has 1 amide bonds. The van der Waals surface area contributed by atoms with Crippen molar-refractivity contribution in [2.75, 3.05) is 18.5 Å². The number of carbonyl (C=O) groups excluding carboxylic acids is 1. The normalized spacial score (nSPS) is 12.1. The largest absolute Gasteiger partial charge is 0.398 e. The summed E-state index contributed by atoms with van der Waals surface area (Å²) in [5.74, 6) is -0.274. The third-order valence-electron chi connectivity index (χ3n) is 2.23. The van der Waals surface area contributed by atoms with Crippen molar-refractivity contribution in [3.8, 4) is 0 Å². The summed E-state index contributed by atoms with van der Waals surface area (Å²) in [4.78, 5) is 11.2. The lowest BCUT2D eigenvalue weighted by atomic mass is 10.3. The summed E-state index contributed by atoms with van der Waals surface area (Å²) in [5.41, 5.74) is 5.92. The molecule has 0 aliphatic heterocycles. The maximum absolute atomic E-state index is 13.0. The zero-order valence-electron chi connectivity index (χ0n) is 9.53.